The number of hydrogen-bond donors (Lipinski definition) is 0. The van der Waals surface area contributed by atoms with E-state index in [1.807, 2.05) is 12.3 Å². The van der Waals surface area contributed by atoms with Gasteiger partial charge in [-0.3, -0.25) is 4.57 Å². The number of fused-ring (bicyclic) bond motifs is 3. The summed E-state index contributed by atoms with van der Waals surface area (Å²) in [5.74, 6) is 2.47. The molecule has 0 bridgehead atoms. The zero-order chi connectivity index (χ0) is 33.5. The van der Waals surface area contributed by atoms with Crippen molar-refractivity contribution >= 4 is 21.8 Å². The van der Waals surface area contributed by atoms with E-state index < -0.39 is 0 Å². The van der Waals surface area contributed by atoms with Gasteiger partial charge in [-0.1, -0.05) is 62.6 Å². The van der Waals surface area contributed by atoms with Gasteiger partial charge in [0, 0.05) is 34.7 Å². The summed E-state index contributed by atoms with van der Waals surface area (Å²) < 4.78 is 11.1. The number of ether oxygens (including phenoxy) is 1. The van der Waals surface area contributed by atoms with Crippen molar-refractivity contribution in [2.75, 3.05) is 0 Å². The number of para-hydroxylation sites is 1. The van der Waals surface area contributed by atoms with Crippen molar-refractivity contribution in [1.29, 1.82) is 0 Å². The van der Waals surface area contributed by atoms with Crippen molar-refractivity contribution in [3.05, 3.63) is 130 Å². The van der Waals surface area contributed by atoms with Crippen molar-refractivity contribution in [2.24, 2.45) is 0 Å². The topological polar surface area (TPSA) is 44.9 Å². The molecule has 0 saturated heterocycles. The van der Waals surface area contributed by atoms with E-state index >= 15 is 0 Å². The maximum atomic E-state index is 6.69. The second kappa shape index (κ2) is 12.8. The first-order valence-electron chi connectivity index (χ1n) is 17.2. The van der Waals surface area contributed by atoms with Gasteiger partial charge < -0.3 is 4.74 Å². The summed E-state index contributed by atoms with van der Waals surface area (Å²) >= 11 is 0. The van der Waals surface area contributed by atoms with Crippen molar-refractivity contribution in [3.63, 3.8) is 0 Å². The molecule has 0 aliphatic carbocycles. The average molecular weight is 633 g/mol. The first kappa shape index (κ1) is 31.4. The van der Waals surface area contributed by atoms with Crippen LogP contribution in [0.2, 0.25) is 0 Å². The number of benzene rings is 4. The zero-order valence-corrected chi connectivity index (χ0v) is 29.2. The van der Waals surface area contributed by atoms with Gasteiger partial charge >= 0.3 is 0 Å². The Kier molecular flexibility index (Phi) is 8.38. The molecule has 5 heteroatoms. The third kappa shape index (κ3) is 5.68. The van der Waals surface area contributed by atoms with Gasteiger partial charge in [0.2, 0.25) is 0 Å². The smallest absolute Gasteiger partial charge is 0.137 e. The lowest BCUT2D eigenvalue weighted by atomic mass is 9.90. The molecular weight excluding hydrogens is 589 g/mol. The van der Waals surface area contributed by atoms with Crippen LogP contribution >= 0.6 is 0 Å². The molecule has 7 aromatic rings. The van der Waals surface area contributed by atoms with Crippen LogP contribution in [0.5, 0.6) is 11.5 Å². The van der Waals surface area contributed by atoms with E-state index in [9.17, 15) is 0 Å². The molecule has 0 fully saturated rings. The molecule has 0 atom stereocenters. The standard InChI is InChI=1S/C43H44N4O/c1-8-12-37-43(42-30(6)20-28(4)21-31(42)7)39(13-9-2)47(45-37)32-22-29(5)23-34(25-32)48-33-16-17-36-35-14-10-11-15-38(35)46(40(36)26-33)41-24-27(3)18-19-44-41/h10-11,14-26H,8-9,12-13H2,1-7H3. The van der Waals surface area contributed by atoms with Crippen molar-refractivity contribution < 1.29 is 4.74 Å². The molecule has 0 N–H and O–H groups in total. The Labute approximate surface area is 283 Å². The molecule has 242 valence electrons. The van der Waals surface area contributed by atoms with Crippen LogP contribution in [0.4, 0.5) is 0 Å². The van der Waals surface area contributed by atoms with Crippen LogP contribution in [-0.4, -0.2) is 19.3 Å². The second-order valence-corrected chi connectivity index (χ2v) is 13.3. The molecule has 0 amide bonds. The Morgan fingerprint density at radius 2 is 1.35 bits per heavy atom. The normalized spacial score (nSPS) is 11.6. The van der Waals surface area contributed by atoms with Gasteiger partial charge in [-0.2, -0.15) is 5.10 Å². The van der Waals surface area contributed by atoms with Crippen LogP contribution in [-0.2, 0) is 12.8 Å². The lowest BCUT2D eigenvalue weighted by molar-refractivity contribution is 0.482. The molecule has 5 nitrogen and oxygen atoms in total. The van der Waals surface area contributed by atoms with Gasteiger partial charge in [-0.15, -0.1) is 0 Å². The van der Waals surface area contributed by atoms with Crippen molar-refractivity contribution in [1.82, 2.24) is 19.3 Å². The van der Waals surface area contributed by atoms with Crippen LogP contribution in [0.25, 0.3) is 44.4 Å². The molecule has 3 aromatic heterocycles. The van der Waals surface area contributed by atoms with Gasteiger partial charge in [-0.25, -0.2) is 9.67 Å². The minimum Gasteiger partial charge on any atom is -0.457 e. The fourth-order valence-corrected chi connectivity index (χ4v) is 7.41. The van der Waals surface area contributed by atoms with Crippen molar-refractivity contribution in [2.45, 2.75) is 74.1 Å². The maximum absolute atomic E-state index is 6.69. The Hall–Kier alpha value is -5.16. The maximum Gasteiger partial charge on any atom is 0.137 e. The predicted octanol–water partition coefficient (Wildman–Crippen LogP) is 11.3. The second-order valence-electron chi connectivity index (χ2n) is 13.3. The van der Waals surface area contributed by atoms with Gasteiger partial charge in [0.25, 0.3) is 0 Å². The number of rotatable bonds is 9. The largest absolute Gasteiger partial charge is 0.457 e. The highest BCUT2D eigenvalue weighted by atomic mass is 16.5. The number of pyridine rings is 1. The minimum absolute atomic E-state index is 0.781. The monoisotopic (exact) mass is 632 g/mol. The third-order valence-corrected chi connectivity index (χ3v) is 9.25. The SMILES string of the molecule is CCCc1nn(-c2cc(C)cc(Oc3ccc4c5ccccc5n(-c5cc(C)ccn5)c4c3)c2)c(CCC)c1-c1c(C)cc(C)cc1C. The summed E-state index contributed by atoms with van der Waals surface area (Å²) in [4.78, 5) is 4.75. The van der Waals surface area contributed by atoms with Crippen molar-refractivity contribution in [3.8, 4) is 34.1 Å². The van der Waals surface area contributed by atoms with E-state index in [-0.39, 0.29) is 0 Å². The molecule has 48 heavy (non-hydrogen) atoms. The molecule has 0 aliphatic rings. The Morgan fingerprint density at radius 1 is 0.625 bits per heavy atom. The summed E-state index contributed by atoms with van der Waals surface area (Å²) in [5, 5.41) is 7.69. The van der Waals surface area contributed by atoms with Gasteiger partial charge in [-0.05, 0) is 118 Å². The zero-order valence-electron chi connectivity index (χ0n) is 29.2. The van der Waals surface area contributed by atoms with Crippen LogP contribution in [0.15, 0.2) is 91.1 Å². The quantitative estimate of drug-likeness (QED) is 0.159. The molecule has 7 rings (SSSR count). The molecule has 3 heterocycles. The van der Waals surface area contributed by atoms with Gasteiger partial charge in [0.15, 0.2) is 0 Å². The van der Waals surface area contributed by atoms with Crippen LogP contribution in [0, 0.1) is 34.6 Å². The molecule has 0 radical (unpaired) electrons. The van der Waals surface area contributed by atoms with Gasteiger partial charge in [0.05, 0.1) is 28.1 Å². The lowest BCUT2D eigenvalue weighted by Crippen LogP contribution is -2.04. The Bertz CT molecular complexity index is 2280. The molecule has 4 aromatic carbocycles. The fourth-order valence-electron chi connectivity index (χ4n) is 7.41. The summed E-state index contributed by atoms with van der Waals surface area (Å²) in [6.45, 7) is 15.4. The van der Waals surface area contributed by atoms with E-state index in [4.69, 9.17) is 14.8 Å². The van der Waals surface area contributed by atoms with E-state index in [1.54, 1.807) is 0 Å². The number of aryl methyl sites for hydroxylation is 6. The van der Waals surface area contributed by atoms with Crippen LogP contribution < -0.4 is 4.74 Å². The summed E-state index contributed by atoms with van der Waals surface area (Å²) in [6, 6.07) is 30.1. The highest BCUT2D eigenvalue weighted by molar-refractivity contribution is 6.09. The van der Waals surface area contributed by atoms with E-state index in [0.29, 0.717) is 0 Å². The van der Waals surface area contributed by atoms with Crippen LogP contribution in [0.3, 0.4) is 0 Å². The summed E-state index contributed by atoms with van der Waals surface area (Å²) in [5.41, 5.74) is 14.5. The molecular formula is C43H44N4O. The summed E-state index contributed by atoms with van der Waals surface area (Å²) in [6.07, 6.45) is 5.83. The Morgan fingerprint density at radius 3 is 2.10 bits per heavy atom. The highest BCUT2D eigenvalue weighted by Crippen LogP contribution is 2.38. The van der Waals surface area contributed by atoms with E-state index in [1.165, 1.54) is 55.5 Å². The number of aromatic nitrogens is 4. The average Bonchev–Trinajstić information content (AvgIpc) is 3.56. The third-order valence-electron chi connectivity index (χ3n) is 9.25. The number of hydrogen-bond acceptors (Lipinski definition) is 3. The number of nitrogens with zero attached hydrogens (tertiary/aromatic N) is 4. The first-order valence-corrected chi connectivity index (χ1v) is 17.2. The van der Waals surface area contributed by atoms with Gasteiger partial charge in [0.1, 0.15) is 17.3 Å². The molecule has 0 aliphatic heterocycles. The Balaban J connectivity index is 1.34. The first-order chi connectivity index (χ1) is 23.2. The van der Waals surface area contributed by atoms with E-state index in [2.05, 4.69) is 137 Å². The summed E-state index contributed by atoms with van der Waals surface area (Å²) in [7, 11) is 0. The minimum atomic E-state index is 0.781. The fraction of sp³-hybridized carbons (Fsp3) is 0.256. The predicted molar refractivity (Wildman–Crippen MR) is 199 cm³/mol. The lowest BCUT2D eigenvalue weighted by Gasteiger charge is -2.16. The van der Waals surface area contributed by atoms with E-state index in [0.717, 1.165) is 65.3 Å². The van der Waals surface area contributed by atoms with Crippen LogP contribution in [0.1, 0.15) is 65.9 Å². The molecule has 0 spiro atoms. The highest BCUT2D eigenvalue weighted by Gasteiger charge is 2.23. The molecule has 0 saturated carbocycles. The molecule has 0 unspecified atom stereocenters.